The quantitative estimate of drug-likeness (QED) is 0.602. The zero-order valence-corrected chi connectivity index (χ0v) is 14.9. The Morgan fingerprint density at radius 1 is 0.962 bits per heavy atom. The SMILES string of the molecule is CCCC(NCCCC(c1ccc(F)cc1)c1ccc(F)cc1)C(=O)O. The summed E-state index contributed by atoms with van der Waals surface area (Å²) in [6.45, 7) is 2.53. The molecule has 0 aromatic heterocycles. The molecule has 0 aliphatic heterocycles. The van der Waals surface area contributed by atoms with Gasteiger partial charge in [0.25, 0.3) is 0 Å². The standard InChI is InChI=1S/C21H25F2NO2/c1-2-4-20(21(25)26)24-14-3-5-19(15-6-10-17(22)11-7-15)16-8-12-18(23)13-9-16/h6-13,19-20,24H,2-5,14H2,1H3,(H,25,26). The molecule has 0 fully saturated rings. The summed E-state index contributed by atoms with van der Waals surface area (Å²) < 4.78 is 26.5. The minimum absolute atomic E-state index is 0.00690. The molecule has 3 nitrogen and oxygen atoms in total. The molecule has 1 unspecified atom stereocenters. The molecule has 26 heavy (non-hydrogen) atoms. The highest BCUT2D eigenvalue weighted by molar-refractivity contribution is 5.73. The Morgan fingerprint density at radius 3 is 1.88 bits per heavy atom. The Bertz CT molecular complexity index is 641. The molecule has 1 atom stereocenters. The average molecular weight is 361 g/mol. The molecule has 5 heteroatoms. The maximum absolute atomic E-state index is 13.2. The number of carbonyl (C=O) groups is 1. The lowest BCUT2D eigenvalue weighted by molar-refractivity contribution is -0.139. The minimum atomic E-state index is -0.833. The van der Waals surface area contributed by atoms with Crippen LogP contribution < -0.4 is 5.32 Å². The number of hydrogen-bond acceptors (Lipinski definition) is 2. The highest BCUT2D eigenvalue weighted by atomic mass is 19.1. The molecule has 0 bridgehead atoms. The van der Waals surface area contributed by atoms with E-state index in [1.54, 1.807) is 24.3 Å². The van der Waals surface area contributed by atoms with Crippen molar-refractivity contribution in [3.8, 4) is 0 Å². The van der Waals surface area contributed by atoms with Crippen LogP contribution in [0.25, 0.3) is 0 Å². The van der Waals surface area contributed by atoms with Crippen molar-refractivity contribution >= 4 is 5.97 Å². The van der Waals surface area contributed by atoms with Gasteiger partial charge in [0, 0.05) is 5.92 Å². The van der Waals surface area contributed by atoms with Gasteiger partial charge in [0.2, 0.25) is 0 Å². The summed E-state index contributed by atoms with van der Waals surface area (Å²) in [7, 11) is 0. The third kappa shape index (κ3) is 5.92. The third-order valence-corrected chi connectivity index (χ3v) is 4.48. The highest BCUT2D eigenvalue weighted by Crippen LogP contribution is 2.29. The molecule has 0 aliphatic rings. The largest absolute Gasteiger partial charge is 0.480 e. The number of halogens is 2. The molecule has 0 spiro atoms. The van der Waals surface area contributed by atoms with Gasteiger partial charge in [-0.1, -0.05) is 37.6 Å². The van der Waals surface area contributed by atoms with E-state index in [9.17, 15) is 18.7 Å². The van der Waals surface area contributed by atoms with E-state index in [1.807, 2.05) is 6.92 Å². The summed E-state index contributed by atoms with van der Waals surface area (Å²) in [5, 5.41) is 12.3. The molecule has 0 radical (unpaired) electrons. The van der Waals surface area contributed by atoms with E-state index in [2.05, 4.69) is 5.32 Å². The molecule has 140 valence electrons. The number of rotatable bonds is 10. The summed E-state index contributed by atoms with van der Waals surface area (Å²) in [6.07, 6.45) is 2.90. The van der Waals surface area contributed by atoms with E-state index in [4.69, 9.17) is 0 Å². The smallest absolute Gasteiger partial charge is 0.320 e. The van der Waals surface area contributed by atoms with Crippen molar-refractivity contribution in [3.63, 3.8) is 0 Å². The number of aliphatic carboxylic acids is 1. The Balaban J connectivity index is 2.04. The number of carboxylic acids is 1. The summed E-state index contributed by atoms with van der Waals surface area (Å²) in [4.78, 5) is 11.2. The molecular weight excluding hydrogens is 336 g/mol. The van der Waals surface area contributed by atoms with Crippen LogP contribution in [0, 0.1) is 11.6 Å². The van der Waals surface area contributed by atoms with Gasteiger partial charge in [0.05, 0.1) is 0 Å². The van der Waals surface area contributed by atoms with E-state index < -0.39 is 12.0 Å². The van der Waals surface area contributed by atoms with Crippen molar-refractivity contribution in [1.82, 2.24) is 5.32 Å². The normalized spacial score (nSPS) is 12.3. The van der Waals surface area contributed by atoms with Crippen LogP contribution in [0.1, 0.15) is 49.7 Å². The molecule has 0 saturated carbocycles. The van der Waals surface area contributed by atoms with Gasteiger partial charge in [-0.05, 0) is 61.2 Å². The van der Waals surface area contributed by atoms with Crippen LogP contribution in [0.5, 0.6) is 0 Å². The van der Waals surface area contributed by atoms with Crippen LogP contribution >= 0.6 is 0 Å². The van der Waals surface area contributed by atoms with Crippen LogP contribution in [0.4, 0.5) is 8.78 Å². The molecule has 0 aliphatic carbocycles. The zero-order valence-electron chi connectivity index (χ0n) is 14.9. The summed E-state index contributed by atoms with van der Waals surface area (Å²) in [6, 6.07) is 12.1. The first-order valence-electron chi connectivity index (χ1n) is 8.98. The second-order valence-electron chi connectivity index (χ2n) is 6.43. The molecule has 2 rings (SSSR count). The predicted octanol–water partition coefficient (Wildman–Crippen LogP) is 4.72. The second-order valence-corrected chi connectivity index (χ2v) is 6.43. The summed E-state index contributed by atoms with van der Waals surface area (Å²) >= 11 is 0. The van der Waals surface area contributed by atoms with Crippen molar-refractivity contribution < 1.29 is 18.7 Å². The Labute approximate surface area is 153 Å². The van der Waals surface area contributed by atoms with Crippen molar-refractivity contribution in [2.75, 3.05) is 6.54 Å². The van der Waals surface area contributed by atoms with Crippen LogP contribution in [0.2, 0.25) is 0 Å². The Hall–Kier alpha value is -2.27. The van der Waals surface area contributed by atoms with Crippen molar-refractivity contribution in [2.45, 2.75) is 44.6 Å². The van der Waals surface area contributed by atoms with Gasteiger partial charge in [-0.2, -0.15) is 0 Å². The van der Waals surface area contributed by atoms with Crippen LogP contribution in [-0.2, 0) is 4.79 Å². The molecule has 0 amide bonds. The molecule has 2 aromatic rings. The predicted molar refractivity (Wildman–Crippen MR) is 98.2 cm³/mol. The molecule has 0 heterocycles. The number of hydrogen-bond donors (Lipinski definition) is 2. The first kappa shape index (κ1) is 20.0. The first-order chi connectivity index (χ1) is 12.5. The van der Waals surface area contributed by atoms with Crippen molar-refractivity contribution in [1.29, 1.82) is 0 Å². The van der Waals surface area contributed by atoms with E-state index in [-0.39, 0.29) is 17.6 Å². The second kappa shape index (κ2) is 10.0. The van der Waals surface area contributed by atoms with E-state index >= 15 is 0 Å². The molecular formula is C21H25F2NO2. The van der Waals surface area contributed by atoms with Gasteiger partial charge < -0.3 is 10.4 Å². The van der Waals surface area contributed by atoms with Crippen LogP contribution in [0.15, 0.2) is 48.5 Å². The summed E-state index contributed by atoms with van der Waals surface area (Å²) in [5.74, 6) is -1.41. The van der Waals surface area contributed by atoms with Crippen molar-refractivity contribution in [2.24, 2.45) is 0 Å². The van der Waals surface area contributed by atoms with Gasteiger partial charge in [-0.15, -0.1) is 0 Å². The Morgan fingerprint density at radius 2 is 1.46 bits per heavy atom. The van der Waals surface area contributed by atoms with Crippen LogP contribution in [0.3, 0.4) is 0 Å². The van der Waals surface area contributed by atoms with Crippen molar-refractivity contribution in [3.05, 3.63) is 71.3 Å². The van der Waals surface area contributed by atoms with Gasteiger partial charge in [0.15, 0.2) is 0 Å². The average Bonchev–Trinajstić information content (AvgIpc) is 2.63. The topological polar surface area (TPSA) is 49.3 Å². The zero-order chi connectivity index (χ0) is 18.9. The van der Waals surface area contributed by atoms with E-state index in [0.29, 0.717) is 13.0 Å². The molecule has 0 saturated heterocycles. The van der Waals surface area contributed by atoms with Gasteiger partial charge >= 0.3 is 5.97 Å². The van der Waals surface area contributed by atoms with E-state index in [1.165, 1.54) is 24.3 Å². The highest BCUT2D eigenvalue weighted by Gasteiger charge is 2.17. The lowest BCUT2D eigenvalue weighted by Crippen LogP contribution is -2.37. The van der Waals surface area contributed by atoms with Gasteiger partial charge in [-0.25, -0.2) is 8.78 Å². The summed E-state index contributed by atoms with van der Waals surface area (Å²) in [5.41, 5.74) is 1.92. The fourth-order valence-corrected chi connectivity index (χ4v) is 3.10. The molecule has 2 aromatic carbocycles. The third-order valence-electron chi connectivity index (χ3n) is 4.48. The monoisotopic (exact) mass is 361 g/mol. The maximum Gasteiger partial charge on any atom is 0.320 e. The molecule has 2 N–H and O–H groups in total. The first-order valence-corrected chi connectivity index (χ1v) is 8.98. The van der Waals surface area contributed by atoms with Crippen LogP contribution in [-0.4, -0.2) is 23.7 Å². The van der Waals surface area contributed by atoms with Gasteiger partial charge in [-0.3, -0.25) is 4.79 Å². The fraction of sp³-hybridized carbons (Fsp3) is 0.381. The lowest BCUT2D eigenvalue weighted by Gasteiger charge is -2.19. The maximum atomic E-state index is 13.2. The Kier molecular flexibility index (Phi) is 7.73. The fourth-order valence-electron chi connectivity index (χ4n) is 3.10. The minimum Gasteiger partial charge on any atom is -0.480 e. The number of nitrogens with one attached hydrogen (secondary N) is 1. The number of carboxylic acid groups (broad SMARTS) is 1. The lowest BCUT2D eigenvalue weighted by atomic mass is 9.87. The van der Waals surface area contributed by atoms with Gasteiger partial charge in [0.1, 0.15) is 17.7 Å². The number of benzene rings is 2. The van der Waals surface area contributed by atoms with E-state index in [0.717, 1.165) is 30.4 Å².